The number of nitrogens with one attached hydrogen (secondary N) is 2. The monoisotopic (exact) mass is 380 g/mol. The van der Waals surface area contributed by atoms with Crippen molar-refractivity contribution in [1.29, 1.82) is 0 Å². The predicted octanol–water partition coefficient (Wildman–Crippen LogP) is 1.88. The average molecular weight is 381 g/mol. The van der Waals surface area contributed by atoms with Gasteiger partial charge in [0.15, 0.2) is 0 Å². The molecule has 4 unspecified atom stereocenters. The molecule has 2 rings (SSSR count). The summed E-state index contributed by atoms with van der Waals surface area (Å²) in [6.45, 7) is 3.07. The lowest BCUT2D eigenvalue weighted by Crippen LogP contribution is -2.37. The van der Waals surface area contributed by atoms with Crippen molar-refractivity contribution in [2.45, 2.75) is 62.9 Å². The van der Waals surface area contributed by atoms with Crippen molar-refractivity contribution in [3.05, 3.63) is 0 Å². The normalized spacial score (nSPS) is 29.5. The molecule has 0 saturated carbocycles. The predicted molar refractivity (Wildman–Crippen MR) is 97.4 cm³/mol. The van der Waals surface area contributed by atoms with Gasteiger partial charge in [0.1, 0.15) is 12.2 Å². The van der Waals surface area contributed by atoms with E-state index < -0.39 is 6.16 Å². The zero-order chi connectivity index (χ0) is 17.2. The van der Waals surface area contributed by atoms with Crippen LogP contribution in [-0.2, 0) is 18.9 Å². The van der Waals surface area contributed by atoms with Gasteiger partial charge in [-0.25, -0.2) is 4.79 Å². The van der Waals surface area contributed by atoms with Crippen LogP contribution in [-0.4, -0.2) is 71.0 Å². The third-order valence-corrected chi connectivity index (χ3v) is 4.60. The number of carbonyl (C=O) groups excluding carboxylic acids is 1. The Morgan fingerprint density at radius 3 is 1.76 bits per heavy atom. The minimum atomic E-state index is -0.548. The van der Waals surface area contributed by atoms with Crippen molar-refractivity contribution < 1.29 is 23.7 Å². The fourth-order valence-electron chi connectivity index (χ4n) is 3.22. The van der Waals surface area contributed by atoms with Gasteiger partial charge < -0.3 is 29.6 Å². The highest BCUT2D eigenvalue weighted by atomic mass is 35.5. The first-order valence-electron chi connectivity index (χ1n) is 9.11. The Hall–Kier alpha value is -0.600. The van der Waals surface area contributed by atoms with E-state index in [1.165, 1.54) is 0 Å². The van der Waals surface area contributed by atoms with Crippen LogP contribution in [0.5, 0.6) is 0 Å². The van der Waals surface area contributed by atoms with E-state index in [9.17, 15) is 4.79 Å². The molecule has 0 amide bonds. The van der Waals surface area contributed by atoms with Gasteiger partial charge in [-0.3, -0.25) is 0 Å². The molecule has 2 aliphatic rings. The SMILES string of the molecule is CNCCC1CC(OC(=O)OC2CCOC(CCNC)C2)CCO1.Cl. The Morgan fingerprint density at radius 1 is 0.920 bits per heavy atom. The lowest BCUT2D eigenvalue weighted by Gasteiger charge is -2.31. The highest BCUT2D eigenvalue weighted by molar-refractivity contribution is 5.85. The second-order valence-electron chi connectivity index (χ2n) is 6.55. The summed E-state index contributed by atoms with van der Waals surface area (Å²) in [5, 5.41) is 6.23. The molecule has 0 spiro atoms. The van der Waals surface area contributed by atoms with Gasteiger partial charge in [-0.1, -0.05) is 0 Å². The maximum absolute atomic E-state index is 12.1. The summed E-state index contributed by atoms with van der Waals surface area (Å²) in [5.41, 5.74) is 0. The largest absolute Gasteiger partial charge is 0.508 e. The molecule has 2 fully saturated rings. The molecule has 2 aliphatic heterocycles. The first-order valence-corrected chi connectivity index (χ1v) is 9.11. The number of hydrogen-bond donors (Lipinski definition) is 2. The number of rotatable bonds is 8. The zero-order valence-electron chi connectivity index (χ0n) is 15.3. The highest BCUT2D eigenvalue weighted by Gasteiger charge is 2.29. The van der Waals surface area contributed by atoms with E-state index in [0.29, 0.717) is 13.2 Å². The fraction of sp³-hybridized carbons (Fsp3) is 0.941. The van der Waals surface area contributed by atoms with Gasteiger partial charge >= 0.3 is 6.16 Å². The molecule has 2 N–H and O–H groups in total. The average Bonchev–Trinajstić information content (AvgIpc) is 2.58. The summed E-state index contributed by atoms with van der Waals surface area (Å²) >= 11 is 0. The molecule has 2 saturated heterocycles. The van der Waals surface area contributed by atoms with Gasteiger partial charge in [-0.05, 0) is 40.0 Å². The molecule has 25 heavy (non-hydrogen) atoms. The maximum atomic E-state index is 12.1. The van der Waals surface area contributed by atoms with Crippen molar-refractivity contribution in [1.82, 2.24) is 10.6 Å². The van der Waals surface area contributed by atoms with E-state index in [0.717, 1.165) is 51.6 Å². The van der Waals surface area contributed by atoms with E-state index >= 15 is 0 Å². The van der Waals surface area contributed by atoms with Gasteiger partial charge in [0, 0.05) is 25.7 Å². The number of carbonyl (C=O) groups is 1. The summed E-state index contributed by atoms with van der Waals surface area (Å²) < 4.78 is 22.4. The van der Waals surface area contributed by atoms with Gasteiger partial charge in [-0.15, -0.1) is 12.4 Å². The number of halogens is 1. The van der Waals surface area contributed by atoms with Gasteiger partial charge in [0.2, 0.25) is 0 Å². The standard InChI is InChI=1S/C17H32N2O5.ClH/c1-18-7-3-13-11-15(5-9-21-13)23-17(20)24-16-6-10-22-14(12-16)4-8-19-2;/h13-16,18-19H,3-12H2,1-2H3;1H. The van der Waals surface area contributed by atoms with Crippen molar-refractivity contribution in [3.8, 4) is 0 Å². The minimum Gasteiger partial charge on any atom is -0.431 e. The van der Waals surface area contributed by atoms with Crippen LogP contribution in [0.1, 0.15) is 38.5 Å². The minimum absolute atomic E-state index is 0. The number of ether oxygens (including phenoxy) is 4. The van der Waals surface area contributed by atoms with E-state index in [-0.39, 0.29) is 36.8 Å². The molecular formula is C17H33ClN2O5. The Morgan fingerprint density at radius 2 is 1.36 bits per heavy atom. The van der Waals surface area contributed by atoms with Gasteiger partial charge in [-0.2, -0.15) is 0 Å². The van der Waals surface area contributed by atoms with Crippen molar-refractivity contribution in [3.63, 3.8) is 0 Å². The second kappa shape index (κ2) is 12.7. The third kappa shape index (κ3) is 8.55. The first kappa shape index (κ1) is 22.4. The first-order chi connectivity index (χ1) is 11.7. The fourth-order valence-corrected chi connectivity index (χ4v) is 3.22. The van der Waals surface area contributed by atoms with E-state index in [1.54, 1.807) is 0 Å². The molecule has 2 heterocycles. The smallest absolute Gasteiger partial charge is 0.431 e. The van der Waals surface area contributed by atoms with Crippen LogP contribution in [0.25, 0.3) is 0 Å². The summed E-state index contributed by atoms with van der Waals surface area (Å²) in [7, 11) is 3.85. The summed E-state index contributed by atoms with van der Waals surface area (Å²) in [4.78, 5) is 12.1. The molecule has 0 aromatic carbocycles. The van der Waals surface area contributed by atoms with Crippen LogP contribution in [0, 0.1) is 0 Å². The van der Waals surface area contributed by atoms with Gasteiger partial charge in [0.25, 0.3) is 0 Å². The van der Waals surface area contributed by atoms with Crippen LogP contribution in [0.15, 0.2) is 0 Å². The van der Waals surface area contributed by atoms with Crippen LogP contribution < -0.4 is 10.6 Å². The lowest BCUT2D eigenvalue weighted by atomic mass is 10.0. The van der Waals surface area contributed by atoms with E-state index in [4.69, 9.17) is 18.9 Å². The molecule has 0 aromatic heterocycles. The molecule has 0 aliphatic carbocycles. The second-order valence-corrected chi connectivity index (χ2v) is 6.55. The maximum Gasteiger partial charge on any atom is 0.508 e. The molecule has 8 heteroatoms. The van der Waals surface area contributed by atoms with Crippen LogP contribution in [0.3, 0.4) is 0 Å². The Bertz CT molecular complexity index is 343. The van der Waals surface area contributed by atoms with Gasteiger partial charge in [0.05, 0.1) is 25.4 Å². The Kier molecular flexibility index (Phi) is 11.4. The molecule has 0 aromatic rings. The van der Waals surface area contributed by atoms with Crippen LogP contribution in [0.4, 0.5) is 4.79 Å². The molecule has 148 valence electrons. The van der Waals surface area contributed by atoms with Crippen LogP contribution >= 0.6 is 12.4 Å². The highest BCUT2D eigenvalue weighted by Crippen LogP contribution is 2.22. The summed E-state index contributed by atoms with van der Waals surface area (Å²) in [6, 6.07) is 0. The number of hydrogen-bond acceptors (Lipinski definition) is 7. The Balaban J connectivity index is 0.00000312. The van der Waals surface area contributed by atoms with E-state index in [2.05, 4.69) is 10.6 Å². The van der Waals surface area contributed by atoms with Crippen molar-refractivity contribution in [2.24, 2.45) is 0 Å². The lowest BCUT2D eigenvalue weighted by molar-refractivity contribution is -0.0916. The quantitative estimate of drug-likeness (QED) is 0.622. The molecule has 4 atom stereocenters. The van der Waals surface area contributed by atoms with Crippen LogP contribution in [0.2, 0.25) is 0 Å². The Labute approximate surface area is 156 Å². The third-order valence-electron chi connectivity index (χ3n) is 4.60. The molecular weight excluding hydrogens is 348 g/mol. The summed E-state index contributed by atoms with van der Waals surface area (Å²) in [5.74, 6) is 0. The molecule has 0 radical (unpaired) electrons. The van der Waals surface area contributed by atoms with Crippen molar-refractivity contribution in [2.75, 3.05) is 40.4 Å². The molecule has 7 nitrogen and oxygen atoms in total. The van der Waals surface area contributed by atoms with E-state index in [1.807, 2.05) is 14.1 Å². The zero-order valence-corrected chi connectivity index (χ0v) is 16.1. The molecule has 0 bridgehead atoms. The van der Waals surface area contributed by atoms with Crippen molar-refractivity contribution >= 4 is 18.6 Å². The topological polar surface area (TPSA) is 78.1 Å². The summed E-state index contributed by atoms with van der Waals surface area (Å²) in [6.07, 6.45) is 4.38.